The normalized spacial score (nSPS) is 16.3. The molecule has 2 aliphatic heterocycles. The first-order valence-corrected chi connectivity index (χ1v) is 24.0. The molecule has 2 unspecified atom stereocenters. The Labute approximate surface area is 358 Å². The van der Waals surface area contributed by atoms with Crippen molar-refractivity contribution in [1.82, 2.24) is 0 Å². The predicted octanol–water partition coefficient (Wildman–Crippen LogP) is 2.59. The maximum absolute atomic E-state index is 13.3. The molecule has 0 saturated carbocycles. The van der Waals surface area contributed by atoms with Crippen LogP contribution in [0.25, 0.3) is 0 Å². The Balaban J connectivity index is 0.00000106. The number of nitrogens with zero attached hydrogens (tertiary/aromatic N) is 3. The van der Waals surface area contributed by atoms with Crippen LogP contribution in [0.2, 0.25) is 0 Å². The van der Waals surface area contributed by atoms with E-state index < -0.39 is 35.7 Å². The second-order valence-electron chi connectivity index (χ2n) is 15.0. The second-order valence-corrected chi connectivity index (χ2v) is 19.6. The van der Waals surface area contributed by atoms with E-state index >= 15 is 0 Å². The standard InChI is InChI=1S/C45H44N3O6S2.ClHO4/c1-53-38-24-12-32(13-25-38)30-47(55(3,49)50)36-20-16-34(17-21-36)45(29-43-40-9-5-6-10-41(40)44(45)42-11-7-8-28-46(42)43)35-18-22-37(23-19-35)48(56(4,51)52)31-33-14-26-39(54-2)27-15-33;2-1(3,4)5/h5-28,43-44H,29-31H2,1-4H3;(H,2,3,4,5)/q+1;/p-1. The number of aromatic nitrogens is 1. The summed E-state index contributed by atoms with van der Waals surface area (Å²) in [6.07, 6.45) is 5.36. The van der Waals surface area contributed by atoms with Crippen LogP contribution >= 0.6 is 0 Å². The van der Waals surface area contributed by atoms with Crippen LogP contribution in [0.5, 0.6) is 11.5 Å². The molecule has 5 aromatic carbocycles. The second kappa shape index (κ2) is 17.1. The molecule has 0 radical (unpaired) electrons. The highest BCUT2D eigenvalue weighted by atomic mass is 35.7. The molecule has 2 atom stereocenters. The van der Waals surface area contributed by atoms with Crippen molar-refractivity contribution in [1.29, 1.82) is 0 Å². The number of hydrogen-bond acceptors (Lipinski definition) is 10. The summed E-state index contributed by atoms with van der Waals surface area (Å²) >= 11 is 0. The van der Waals surface area contributed by atoms with Crippen LogP contribution in [0.4, 0.5) is 11.4 Å². The van der Waals surface area contributed by atoms with Crippen molar-refractivity contribution in [3.05, 3.63) is 185 Å². The van der Waals surface area contributed by atoms with Gasteiger partial charge in [-0.05, 0) is 76.3 Å². The van der Waals surface area contributed by atoms with Gasteiger partial charge in [0.15, 0.2) is 17.9 Å². The van der Waals surface area contributed by atoms with E-state index in [2.05, 4.69) is 77.5 Å². The number of anilines is 2. The summed E-state index contributed by atoms with van der Waals surface area (Å²) in [6, 6.07) is 45.7. The number of methoxy groups -OCH3 is 2. The molecular weight excluding hydrogens is 842 g/mol. The van der Waals surface area contributed by atoms with E-state index in [1.807, 2.05) is 72.8 Å². The van der Waals surface area contributed by atoms with E-state index in [0.717, 1.165) is 28.7 Å². The smallest absolute Gasteiger partial charge is 0.232 e. The zero-order valence-electron chi connectivity index (χ0n) is 33.8. The summed E-state index contributed by atoms with van der Waals surface area (Å²) in [7, 11) is -9.02. The number of pyridine rings is 1. The summed E-state index contributed by atoms with van der Waals surface area (Å²) in [4.78, 5) is 0. The monoisotopic (exact) mass is 885 g/mol. The van der Waals surface area contributed by atoms with E-state index in [-0.39, 0.29) is 25.0 Å². The summed E-state index contributed by atoms with van der Waals surface area (Å²) in [5, 5.41) is 0. The van der Waals surface area contributed by atoms with Crippen molar-refractivity contribution in [2.24, 2.45) is 0 Å². The van der Waals surface area contributed by atoms with Crippen LogP contribution in [0.1, 0.15) is 57.5 Å². The highest BCUT2D eigenvalue weighted by Crippen LogP contribution is 2.59. The Kier molecular flexibility index (Phi) is 12.2. The predicted molar refractivity (Wildman–Crippen MR) is 219 cm³/mol. The SMILES string of the molecule is COc1ccc(CN(c2ccc(C3(c4ccc(N(Cc5ccc(OC)cc5)S(C)(=O)=O)cc4)CC4c5ccccc5C3c3cccc[n+]34)cc2)S(C)(=O)=O)cc1.[O-][Cl+3]([O-])([O-])[O-]. The molecule has 1 aromatic heterocycles. The number of ether oxygens (including phenoxy) is 2. The third-order valence-electron chi connectivity index (χ3n) is 11.3. The van der Waals surface area contributed by atoms with Crippen molar-refractivity contribution in [3.63, 3.8) is 0 Å². The lowest BCUT2D eigenvalue weighted by atomic mass is 9.53. The number of benzene rings is 5. The van der Waals surface area contributed by atoms with Gasteiger partial charge in [0.25, 0.3) is 0 Å². The average Bonchev–Trinajstić information content (AvgIpc) is 3.24. The topological polar surface area (TPSA) is 189 Å². The lowest BCUT2D eigenvalue weighted by molar-refractivity contribution is -2.00. The van der Waals surface area contributed by atoms with Gasteiger partial charge in [-0.15, -0.1) is 10.2 Å². The van der Waals surface area contributed by atoms with Crippen LogP contribution in [-0.2, 0) is 38.6 Å². The lowest BCUT2D eigenvalue weighted by Crippen LogP contribution is -2.68. The van der Waals surface area contributed by atoms with Gasteiger partial charge in [0.1, 0.15) is 11.5 Å². The molecule has 2 bridgehead atoms. The maximum Gasteiger partial charge on any atom is 0.232 e. The molecule has 13 nitrogen and oxygen atoms in total. The summed E-state index contributed by atoms with van der Waals surface area (Å²) in [5.74, 6) is 1.32. The molecule has 0 spiro atoms. The fraction of sp³-hybridized carbons (Fsp3) is 0.222. The largest absolute Gasteiger partial charge is 0.497 e. The lowest BCUT2D eigenvalue weighted by Gasteiger charge is -2.50. The maximum atomic E-state index is 13.3. The molecule has 9 rings (SSSR count). The Morgan fingerprint density at radius 2 is 1.02 bits per heavy atom. The van der Waals surface area contributed by atoms with Gasteiger partial charge in [0.2, 0.25) is 20.0 Å². The number of halogens is 1. The summed E-state index contributed by atoms with van der Waals surface area (Å²) in [5.41, 5.74) is 8.04. The van der Waals surface area contributed by atoms with Crippen molar-refractivity contribution < 1.29 is 59.8 Å². The van der Waals surface area contributed by atoms with Crippen molar-refractivity contribution in [2.45, 2.75) is 36.9 Å². The highest BCUT2D eigenvalue weighted by Gasteiger charge is 2.59. The Bertz CT molecular complexity index is 2530. The summed E-state index contributed by atoms with van der Waals surface area (Å²) < 4.78 is 103. The minimum Gasteiger partial charge on any atom is -0.497 e. The van der Waals surface area contributed by atoms with Gasteiger partial charge in [-0.2, -0.15) is 4.57 Å². The van der Waals surface area contributed by atoms with Crippen molar-refractivity contribution >= 4 is 31.4 Å². The minimum absolute atomic E-state index is 0.0388. The molecule has 6 aromatic rings. The Morgan fingerprint density at radius 1 is 0.607 bits per heavy atom. The number of fused-ring (bicyclic) bond motifs is 1. The first-order valence-electron chi connectivity index (χ1n) is 19.0. The Morgan fingerprint density at radius 3 is 1.43 bits per heavy atom. The first kappa shape index (κ1) is 43.6. The van der Waals surface area contributed by atoms with Crippen LogP contribution in [0.15, 0.2) is 146 Å². The highest BCUT2D eigenvalue weighted by molar-refractivity contribution is 7.92. The molecule has 318 valence electrons. The van der Waals surface area contributed by atoms with Crippen LogP contribution in [0, 0.1) is 10.2 Å². The number of rotatable bonds is 12. The number of sulfonamides is 2. The molecule has 0 N–H and O–H groups in total. The molecule has 3 aliphatic rings. The van der Waals surface area contributed by atoms with Gasteiger partial charge >= 0.3 is 0 Å². The Hall–Kier alpha value is -5.52. The minimum atomic E-state index is -4.94. The van der Waals surface area contributed by atoms with Crippen LogP contribution < -0.4 is 41.3 Å². The molecule has 0 fully saturated rings. The molecule has 0 amide bonds. The molecule has 0 saturated heterocycles. The summed E-state index contributed by atoms with van der Waals surface area (Å²) in [6.45, 7) is 0.342. The van der Waals surface area contributed by atoms with E-state index in [1.54, 1.807) is 14.2 Å². The average molecular weight is 886 g/mol. The van der Waals surface area contributed by atoms with Crippen LogP contribution in [0.3, 0.4) is 0 Å². The van der Waals surface area contributed by atoms with Gasteiger partial charge in [0.05, 0.1) is 57.1 Å². The molecule has 16 heteroatoms. The van der Waals surface area contributed by atoms with Gasteiger partial charge in [-0.3, -0.25) is 8.61 Å². The van der Waals surface area contributed by atoms with Crippen molar-refractivity contribution in [3.8, 4) is 11.5 Å². The zero-order valence-corrected chi connectivity index (χ0v) is 36.1. The van der Waals surface area contributed by atoms with E-state index in [9.17, 15) is 16.8 Å². The quantitative estimate of drug-likeness (QED) is 0.165. The van der Waals surface area contributed by atoms with E-state index in [1.165, 1.54) is 37.9 Å². The molecule has 3 heterocycles. The third kappa shape index (κ3) is 9.23. The molecule has 61 heavy (non-hydrogen) atoms. The van der Waals surface area contributed by atoms with Gasteiger partial charge < -0.3 is 9.47 Å². The van der Waals surface area contributed by atoms with E-state index in [0.29, 0.717) is 22.9 Å². The first-order chi connectivity index (χ1) is 28.9. The fourth-order valence-electron chi connectivity index (χ4n) is 8.71. The van der Waals surface area contributed by atoms with Gasteiger partial charge in [-0.25, -0.2) is 35.5 Å². The zero-order chi connectivity index (χ0) is 43.7. The van der Waals surface area contributed by atoms with Crippen molar-refractivity contribution in [2.75, 3.05) is 35.3 Å². The molecular formula is C45H44ClN3O10S2. The van der Waals surface area contributed by atoms with Gasteiger partial charge in [0, 0.05) is 29.5 Å². The van der Waals surface area contributed by atoms with Crippen LogP contribution in [-0.4, -0.2) is 43.6 Å². The van der Waals surface area contributed by atoms with E-state index in [4.69, 9.17) is 28.1 Å². The van der Waals surface area contributed by atoms with Gasteiger partial charge in [-0.1, -0.05) is 78.9 Å². The number of hydrogen-bond donors (Lipinski definition) is 0. The third-order valence-corrected chi connectivity index (χ3v) is 13.6. The fourth-order valence-corrected chi connectivity index (χ4v) is 10.5. The molecule has 1 aliphatic carbocycles.